The lowest BCUT2D eigenvalue weighted by Crippen LogP contribution is -2.54. The van der Waals surface area contributed by atoms with Gasteiger partial charge in [-0.2, -0.15) is 0 Å². The Morgan fingerprint density at radius 3 is 2.96 bits per heavy atom. The van der Waals surface area contributed by atoms with Gasteiger partial charge < -0.3 is 10.2 Å². The fraction of sp³-hybridized carbons (Fsp3) is 0.632. The Morgan fingerprint density at radius 1 is 1.46 bits per heavy atom. The molecule has 1 aliphatic rings. The maximum absolute atomic E-state index is 12.5. The van der Waals surface area contributed by atoms with Gasteiger partial charge >= 0.3 is 0 Å². The summed E-state index contributed by atoms with van der Waals surface area (Å²) in [6.07, 6.45) is 3.97. The van der Waals surface area contributed by atoms with Gasteiger partial charge in [0.1, 0.15) is 11.4 Å². The van der Waals surface area contributed by atoms with Crippen molar-refractivity contribution in [2.75, 3.05) is 19.6 Å². The average Bonchev–Trinajstić information content (AvgIpc) is 2.90. The molecule has 1 saturated heterocycles. The normalized spacial score (nSPS) is 19.0. The molecule has 3 rings (SSSR count). The van der Waals surface area contributed by atoms with Gasteiger partial charge in [-0.05, 0) is 52.1 Å². The summed E-state index contributed by atoms with van der Waals surface area (Å²) in [6, 6.07) is 1.84. The second-order valence-electron chi connectivity index (χ2n) is 8.17. The van der Waals surface area contributed by atoms with Crippen LogP contribution >= 0.6 is 11.3 Å². The molecule has 0 aromatic carbocycles. The lowest BCUT2D eigenvalue weighted by Gasteiger charge is -2.37. The highest BCUT2D eigenvalue weighted by Gasteiger charge is 2.26. The van der Waals surface area contributed by atoms with Gasteiger partial charge in [-0.3, -0.25) is 14.2 Å². The summed E-state index contributed by atoms with van der Waals surface area (Å²) in [7, 11) is 0. The van der Waals surface area contributed by atoms with Crippen LogP contribution < -0.4 is 10.9 Å². The van der Waals surface area contributed by atoms with Crippen LogP contribution in [0.25, 0.3) is 10.2 Å². The van der Waals surface area contributed by atoms with E-state index in [0.717, 1.165) is 29.3 Å². The minimum Gasteiger partial charge on any atom is -0.348 e. The molecule has 7 heteroatoms. The molecule has 1 fully saturated rings. The zero-order valence-corrected chi connectivity index (χ0v) is 16.9. The number of amides is 1. The molecule has 6 nitrogen and oxygen atoms in total. The van der Waals surface area contributed by atoms with E-state index < -0.39 is 0 Å². The van der Waals surface area contributed by atoms with Crippen molar-refractivity contribution in [3.8, 4) is 0 Å². The fourth-order valence-corrected chi connectivity index (χ4v) is 4.63. The number of nitrogens with zero attached hydrogens (tertiary/aromatic N) is 3. The first-order valence-corrected chi connectivity index (χ1v) is 10.0. The third-order valence-corrected chi connectivity index (χ3v) is 5.75. The van der Waals surface area contributed by atoms with Crippen LogP contribution in [0.1, 0.15) is 38.5 Å². The summed E-state index contributed by atoms with van der Waals surface area (Å²) in [5, 5.41) is 3.67. The van der Waals surface area contributed by atoms with E-state index in [4.69, 9.17) is 0 Å². The minimum atomic E-state index is -0.339. The number of rotatable bonds is 5. The Balaban J connectivity index is 1.64. The number of thiophene rings is 1. The van der Waals surface area contributed by atoms with Crippen LogP contribution in [0.3, 0.4) is 0 Å². The summed E-state index contributed by atoms with van der Waals surface area (Å²) in [5.41, 5.74) is -0.494. The molecular weight excluding hydrogens is 348 g/mol. The molecule has 1 N–H and O–H groups in total. The van der Waals surface area contributed by atoms with Crippen molar-refractivity contribution >= 4 is 27.5 Å². The molecule has 0 bridgehead atoms. The van der Waals surface area contributed by atoms with Crippen molar-refractivity contribution in [2.24, 2.45) is 5.92 Å². The molecule has 2 aromatic heterocycles. The number of piperidine rings is 1. The van der Waals surface area contributed by atoms with Crippen molar-refractivity contribution in [3.05, 3.63) is 27.6 Å². The van der Waals surface area contributed by atoms with E-state index >= 15 is 0 Å². The summed E-state index contributed by atoms with van der Waals surface area (Å²) in [6.45, 7) is 11.3. The van der Waals surface area contributed by atoms with Crippen molar-refractivity contribution in [3.63, 3.8) is 0 Å². The Morgan fingerprint density at radius 2 is 2.23 bits per heavy atom. The van der Waals surface area contributed by atoms with Gasteiger partial charge in [-0.1, -0.05) is 6.92 Å². The van der Waals surface area contributed by atoms with E-state index in [0.29, 0.717) is 11.3 Å². The predicted molar refractivity (Wildman–Crippen MR) is 106 cm³/mol. The van der Waals surface area contributed by atoms with Crippen LogP contribution in [0.15, 0.2) is 17.2 Å². The van der Waals surface area contributed by atoms with Crippen molar-refractivity contribution in [1.29, 1.82) is 0 Å². The van der Waals surface area contributed by atoms with Crippen molar-refractivity contribution in [1.82, 2.24) is 19.8 Å². The molecule has 3 heterocycles. The van der Waals surface area contributed by atoms with Crippen molar-refractivity contribution < 1.29 is 4.79 Å². The average molecular weight is 377 g/mol. The second kappa shape index (κ2) is 7.48. The quantitative estimate of drug-likeness (QED) is 0.870. The Kier molecular flexibility index (Phi) is 5.48. The van der Waals surface area contributed by atoms with Gasteiger partial charge in [0.25, 0.3) is 5.56 Å². The highest BCUT2D eigenvalue weighted by atomic mass is 32.1. The highest BCUT2D eigenvalue weighted by molar-refractivity contribution is 7.18. The van der Waals surface area contributed by atoms with E-state index in [-0.39, 0.29) is 23.6 Å². The number of nitrogens with one attached hydrogen (secondary N) is 1. The maximum atomic E-state index is 12.5. The molecule has 2 aromatic rings. The van der Waals surface area contributed by atoms with E-state index in [2.05, 4.69) is 22.1 Å². The van der Waals surface area contributed by atoms with Crippen LogP contribution in [0.4, 0.5) is 0 Å². The number of aryl methyl sites for hydroxylation is 1. The summed E-state index contributed by atoms with van der Waals surface area (Å²) in [5.74, 6) is 0.552. The molecule has 0 unspecified atom stereocenters. The first-order chi connectivity index (χ1) is 12.2. The molecule has 142 valence electrons. The lowest BCUT2D eigenvalue weighted by atomic mass is 9.97. The van der Waals surface area contributed by atoms with Crippen LogP contribution in [0.2, 0.25) is 0 Å². The molecule has 1 atom stereocenters. The number of carbonyl (C=O) groups is 1. The molecule has 0 spiro atoms. The molecular formula is C19H28N4O2S. The number of fused-ring (bicyclic) bond motifs is 1. The monoisotopic (exact) mass is 376 g/mol. The van der Waals surface area contributed by atoms with Gasteiger partial charge in [0.15, 0.2) is 0 Å². The second-order valence-corrected chi connectivity index (χ2v) is 9.40. The number of aromatic nitrogens is 2. The topological polar surface area (TPSA) is 67.2 Å². The van der Waals surface area contributed by atoms with Gasteiger partial charge in [-0.25, -0.2) is 4.98 Å². The molecule has 1 aliphatic heterocycles. The molecule has 0 saturated carbocycles. The zero-order chi connectivity index (χ0) is 18.9. The van der Waals surface area contributed by atoms with Crippen LogP contribution in [0.5, 0.6) is 0 Å². The van der Waals surface area contributed by atoms with E-state index in [1.54, 1.807) is 0 Å². The first-order valence-electron chi connectivity index (χ1n) is 9.22. The van der Waals surface area contributed by atoms with E-state index in [1.165, 1.54) is 35.1 Å². The SMILES string of the molecule is Cc1cc2c(=O)n(CC(=O)NC(C)(C)CN3CCC[C@H](C)C3)cnc2s1. The van der Waals surface area contributed by atoms with E-state index in [1.807, 2.05) is 26.8 Å². The van der Waals surface area contributed by atoms with Gasteiger partial charge in [0.2, 0.25) is 5.91 Å². The standard InChI is InChI=1S/C19H28N4O2S/c1-13-6-5-7-22(9-13)11-19(3,4)21-16(24)10-23-12-20-17-15(18(23)25)8-14(2)26-17/h8,12-13H,5-7,9-11H2,1-4H3,(H,21,24)/t13-/m0/s1. The maximum Gasteiger partial charge on any atom is 0.262 e. The highest BCUT2D eigenvalue weighted by Crippen LogP contribution is 2.20. The Hall–Kier alpha value is -1.73. The Labute approximate surface area is 158 Å². The number of hydrogen-bond acceptors (Lipinski definition) is 5. The third-order valence-electron chi connectivity index (χ3n) is 4.79. The van der Waals surface area contributed by atoms with Gasteiger partial charge in [0, 0.05) is 23.5 Å². The van der Waals surface area contributed by atoms with Crippen molar-refractivity contribution in [2.45, 2.75) is 52.6 Å². The first kappa shape index (κ1) is 19.0. The third kappa shape index (κ3) is 4.51. The lowest BCUT2D eigenvalue weighted by molar-refractivity contribution is -0.123. The van der Waals surface area contributed by atoms with Gasteiger partial charge in [-0.15, -0.1) is 11.3 Å². The summed E-state index contributed by atoms with van der Waals surface area (Å²) < 4.78 is 1.39. The van der Waals surface area contributed by atoms with Crippen LogP contribution in [0, 0.1) is 12.8 Å². The largest absolute Gasteiger partial charge is 0.348 e. The van der Waals surface area contributed by atoms with Crippen LogP contribution in [-0.2, 0) is 11.3 Å². The molecule has 0 aliphatic carbocycles. The summed E-state index contributed by atoms with van der Waals surface area (Å²) >= 11 is 1.49. The minimum absolute atomic E-state index is 0.00347. The molecule has 0 radical (unpaired) electrons. The van der Waals surface area contributed by atoms with E-state index in [9.17, 15) is 9.59 Å². The Bertz CT molecular complexity index is 855. The molecule has 1 amide bonds. The fourth-order valence-electron chi connectivity index (χ4n) is 3.79. The predicted octanol–water partition coefficient (Wildman–Crippen LogP) is 2.39. The van der Waals surface area contributed by atoms with Gasteiger partial charge in [0.05, 0.1) is 11.7 Å². The smallest absolute Gasteiger partial charge is 0.262 e. The molecule has 26 heavy (non-hydrogen) atoms. The number of carbonyl (C=O) groups excluding carboxylic acids is 1. The summed E-state index contributed by atoms with van der Waals surface area (Å²) in [4.78, 5) is 33.5. The zero-order valence-electron chi connectivity index (χ0n) is 16.0. The number of hydrogen-bond donors (Lipinski definition) is 1. The number of likely N-dealkylation sites (tertiary alicyclic amines) is 1. The van der Waals surface area contributed by atoms with Crippen LogP contribution in [-0.4, -0.2) is 45.5 Å².